The fourth-order valence-electron chi connectivity index (χ4n) is 1.44. The van der Waals surface area contributed by atoms with Gasteiger partial charge in [0.2, 0.25) is 0 Å². The Hall–Kier alpha value is -1.55. The number of hydrogen-bond donors (Lipinski definition) is 1. The predicted octanol–water partition coefficient (Wildman–Crippen LogP) is 2.27. The molecule has 1 unspecified atom stereocenters. The van der Waals surface area contributed by atoms with Gasteiger partial charge in [-0.15, -0.1) is 0 Å². The number of nitrogens with zero attached hydrogens (tertiary/aromatic N) is 1. The van der Waals surface area contributed by atoms with Gasteiger partial charge in [-0.05, 0) is 19.1 Å². The predicted molar refractivity (Wildman–Crippen MR) is 59.0 cm³/mol. The van der Waals surface area contributed by atoms with Crippen molar-refractivity contribution in [2.75, 3.05) is 19.0 Å². The topological polar surface area (TPSA) is 47.3 Å². The Labute approximate surface area is 88.3 Å². The summed E-state index contributed by atoms with van der Waals surface area (Å²) in [5.41, 5.74) is 1.66. The Balaban J connectivity index is 2.15. The molecular formula is C11H14N2O2. The van der Waals surface area contributed by atoms with Crippen molar-refractivity contribution >= 4 is 17.1 Å². The molecule has 4 heteroatoms. The van der Waals surface area contributed by atoms with Crippen LogP contribution in [0.25, 0.3) is 11.1 Å². The quantitative estimate of drug-likeness (QED) is 0.833. The van der Waals surface area contributed by atoms with E-state index in [4.69, 9.17) is 9.15 Å². The Morgan fingerprint density at radius 1 is 1.47 bits per heavy atom. The molecule has 2 aromatic rings. The molecular weight excluding hydrogens is 192 g/mol. The molecule has 0 fully saturated rings. The van der Waals surface area contributed by atoms with Crippen LogP contribution in [0.2, 0.25) is 0 Å². The lowest BCUT2D eigenvalue weighted by molar-refractivity contribution is 0.189. The molecule has 1 atom stereocenters. The van der Waals surface area contributed by atoms with Crippen molar-refractivity contribution in [2.24, 2.45) is 0 Å². The zero-order valence-electron chi connectivity index (χ0n) is 8.86. The molecule has 0 amide bonds. The molecule has 2 rings (SSSR count). The first-order valence-corrected chi connectivity index (χ1v) is 4.90. The number of para-hydroxylation sites is 2. The first-order valence-electron chi connectivity index (χ1n) is 4.90. The van der Waals surface area contributed by atoms with Crippen LogP contribution in [0.15, 0.2) is 28.7 Å². The van der Waals surface area contributed by atoms with Gasteiger partial charge in [0, 0.05) is 7.11 Å². The van der Waals surface area contributed by atoms with E-state index in [-0.39, 0.29) is 6.04 Å². The lowest BCUT2D eigenvalue weighted by atomic mass is 10.3. The molecule has 1 heterocycles. The molecule has 0 saturated heterocycles. The van der Waals surface area contributed by atoms with Crippen LogP contribution < -0.4 is 5.32 Å². The van der Waals surface area contributed by atoms with Gasteiger partial charge in [-0.1, -0.05) is 12.1 Å². The maximum absolute atomic E-state index is 5.51. The van der Waals surface area contributed by atoms with E-state index in [0.717, 1.165) is 11.1 Å². The fourth-order valence-corrected chi connectivity index (χ4v) is 1.44. The monoisotopic (exact) mass is 206 g/mol. The average molecular weight is 206 g/mol. The summed E-state index contributed by atoms with van der Waals surface area (Å²) in [6.07, 6.45) is 0. The average Bonchev–Trinajstić information content (AvgIpc) is 2.59. The molecule has 0 aliphatic carbocycles. The molecule has 0 bridgehead atoms. The number of aromatic nitrogens is 1. The van der Waals surface area contributed by atoms with Crippen LogP contribution >= 0.6 is 0 Å². The Morgan fingerprint density at radius 3 is 3.00 bits per heavy atom. The van der Waals surface area contributed by atoms with Gasteiger partial charge in [0.25, 0.3) is 6.01 Å². The third-order valence-electron chi connectivity index (χ3n) is 2.08. The fraction of sp³-hybridized carbons (Fsp3) is 0.364. The minimum atomic E-state index is 0.183. The largest absolute Gasteiger partial charge is 0.424 e. The number of nitrogens with one attached hydrogen (secondary N) is 1. The highest BCUT2D eigenvalue weighted by Crippen LogP contribution is 2.18. The maximum atomic E-state index is 5.51. The summed E-state index contributed by atoms with van der Waals surface area (Å²) in [7, 11) is 1.67. The van der Waals surface area contributed by atoms with Gasteiger partial charge in [0.05, 0.1) is 12.6 Å². The molecule has 0 radical (unpaired) electrons. The van der Waals surface area contributed by atoms with Crippen molar-refractivity contribution < 1.29 is 9.15 Å². The molecule has 1 aromatic carbocycles. The second-order valence-electron chi connectivity index (χ2n) is 3.49. The van der Waals surface area contributed by atoms with Crippen LogP contribution in [0.5, 0.6) is 0 Å². The summed E-state index contributed by atoms with van der Waals surface area (Å²) in [5.74, 6) is 0. The van der Waals surface area contributed by atoms with Gasteiger partial charge in [0.15, 0.2) is 5.58 Å². The molecule has 0 aliphatic rings. The number of hydrogen-bond acceptors (Lipinski definition) is 4. The van der Waals surface area contributed by atoms with E-state index in [0.29, 0.717) is 12.6 Å². The Kier molecular flexibility index (Phi) is 2.87. The van der Waals surface area contributed by atoms with Crippen molar-refractivity contribution in [1.82, 2.24) is 4.98 Å². The normalized spacial score (nSPS) is 12.9. The van der Waals surface area contributed by atoms with Gasteiger partial charge in [-0.2, -0.15) is 4.98 Å². The zero-order chi connectivity index (χ0) is 10.7. The van der Waals surface area contributed by atoms with Crippen molar-refractivity contribution in [3.63, 3.8) is 0 Å². The molecule has 4 nitrogen and oxygen atoms in total. The van der Waals surface area contributed by atoms with Crippen LogP contribution in [0.4, 0.5) is 6.01 Å². The SMILES string of the molecule is COCC(C)Nc1nc2ccccc2o1. The lowest BCUT2D eigenvalue weighted by Crippen LogP contribution is -2.20. The van der Waals surface area contributed by atoms with E-state index in [2.05, 4.69) is 10.3 Å². The van der Waals surface area contributed by atoms with E-state index < -0.39 is 0 Å². The minimum Gasteiger partial charge on any atom is -0.424 e. The highest BCUT2D eigenvalue weighted by Gasteiger charge is 2.07. The highest BCUT2D eigenvalue weighted by atomic mass is 16.5. The van der Waals surface area contributed by atoms with Gasteiger partial charge >= 0.3 is 0 Å². The van der Waals surface area contributed by atoms with E-state index in [1.165, 1.54) is 0 Å². The number of methoxy groups -OCH3 is 1. The van der Waals surface area contributed by atoms with Crippen LogP contribution in [0, 0.1) is 0 Å². The third kappa shape index (κ3) is 2.27. The summed E-state index contributed by atoms with van der Waals surface area (Å²) in [6, 6.07) is 8.41. The Morgan fingerprint density at radius 2 is 2.27 bits per heavy atom. The van der Waals surface area contributed by atoms with Gasteiger partial charge in [0.1, 0.15) is 5.52 Å². The van der Waals surface area contributed by atoms with Crippen molar-refractivity contribution in [2.45, 2.75) is 13.0 Å². The number of oxazole rings is 1. The highest BCUT2D eigenvalue weighted by molar-refractivity contribution is 5.74. The smallest absolute Gasteiger partial charge is 0.295 e. The van der Waals surface area contributed by atoms with E-state index in [9.17, 15) is 0 Å². The Bertz CT molecular complexity index is 406. The maximum Gasteiger partial charge on any atom is 0.295 e. The number of anilines is 1. The van der Waals surface area contributed by atoms with Crippen LogP contribution in [-0.2, 0) is 4.74 Å². The standard InChI is InChI=1S/C11H14N2O2/c1-8(7-14-2)12-11-13-9-5-3-4-6-10(9)15-11/h3-6,8H,7H2,1-2H3,(H,12,13). The molecule has 0 saturated carbocycles. The number of rotatable bonds is 4. The number of ether oxygens (including phenoxy) is 1. The van der Waals surface area contributed by atoms with Crippen molar-refractivity contribution in [1.29, 1.82) is 0 Å². The molecule has 0 spiro atoms. The van der Waals surface area contributed by atoms with Gasteiger partial charge < -0.3 is 14.5 Å². The van der Waals surface area contributed by atoms with Crippen molar-refractivity contribution in [3.8, 4) is 0 Å². The molecule has 1 N–H and O–H groups in total. The minimum absolute atomic E-state index is 0.183. The lowest BCUT2D eigenvalue weighted by Gasteiger charge is -2.09. The van der Waals surface area contributed by atoms with E-state index >= 15 is 0 Å². The molecule has 0 aliphatic heterocycles. The van der Waals surface area contributed by atoms with Gasteiger partial charge in [-0.25, -0.2) is 0 Å². The van der Waals surface area contributed by atoms with Crippen LogP contribution in [0.3, 0.4) is 0 Å². The van der Waals surface area contributed by atoms with Crippen LogP contribution in [-0.4, -0.2) is 24.7 Å². The summed E-state index contributed by atoms with van der Waals surface area (Å²) in [4.78, 5) is 4.30. The van der Waals surface area contributed by atoms with Gasteiger partial charge in [-0.3, -0.25) is 0 Å². The molecule has 15 heavy (non-hydrogen) atoms. The molecule has 1 aromatic heterocycles. The van der Waals surface area contributed by atoms with Crippen LogP contribution in [0.1, 0.15) is 6.92 Å². The number of benzene rings is 1. The zero-order valence-corrected chi connectivity index (χ0v) is 8.86. The van der Waals surface area contributed by atoms with E-state index in [1.54, 1.807) is 7.11 Å². The second kappa shape index (κ2) is 4.31. The third-order valence-corrected chi connectivity index (χ3v) is 2.08. The summed E-state index contributed by atoms with van der Waals surface area (Å²) < 4.78 is 10.5. The van der Waals surface area contributed by atoms with E-state index in [1.807, 2.05) is 31.2 Å². The summed E-state index contributed by atoms with van der Waals surface area (Å²) in [5, 5.41) is 3.13. The summed E-state index contributed by atoms with van der Waals surface area (Å²) >= 11 is 0. The first-order chi connectivity index (χ1) is 7.29. The summed E-state index contributed by atoms with van der Waals surface area (Å²) in [6.45, 7) is 2.64. The van der Waals surface area contributed by atoms with Crippen molar-refractivity contribution in [3.05, 3.63) is 24.3 Å². The second-order valence-corrected chi connectivity index (χ2v) is 3.49. The first kappa shape index (κ1) is 9.98. The molecule has 80 valence electrons. The number of fused-ring (bicyclic) bond motifs is 1.